The maximum absolute atomic E-state index is 13.8. The molecule has 1 fully saturated rings. The van der Waals surface area contributed by atoms with E-state index >= 15 is 0 Å². The van der Waals surface area contributed by atoms with Crippen LogP contribution in [-0.4, -0.2) is 55.2 Å². The molecule has 3 aromatic carbocycles. The fourth-order valence-corrected chi connectivity index (χ4v) is 6.67. The summed E-state index contributed by atoms with van der Waals surface area (Å²) in [6.45, 7) is 1.97. The van der Waals surface area contributed by atoms with E-state index in [0.717, 1.165) is 49.2 Å². The molecule has 4 aromatic rings. The normalized spacial score (nSPS) is 15.9. The number of alkyl halides is 6. The first-order chi connectivity index (χ1) is 22.2. The van der Waals surface area contributed by atoms with Crippen molar-refractivity contribution in [2.24, 2.45) is 0 Å². The Labute approximate surface area is 267 Å². The molecule has 3 N–H and O–H groups in total. The van der Waals surface area contributed by atoms with Crippen molar-refractivity contribution in [1.29, 1.82) is 0 Å². The van der Waals surface area contributed by atoms with Crippen LogP contribution in [0.25, 0.3) is 10.1 Å². The van der Waals surface area contributed by atoms with Crippen LogP contribution >= 0.6 is 11.3 Å². The molecule has 0 radical (unpaired) electrons. The lowest BCUT2D eigenvalue weighted by Crippen LogP contribution is -2.36. The fourth-order valence-electron chi connectivity index (χ4n) is 5.58. The summed E-state index contributed by atoms with van der Waals surface area (Å²) in [5, 5.41) is 14.3. The lowest BCUT2D eigenvalue weighted by atomic mass is 9.89. The number of ether oxygens (including phenoxy) is 1. The molecule has 0 saturated carbocycles. The van der Waals surface area contributed by atoms with E-state index in [1.54, 1.807) is 12.1 Å². The summed E-state index contributed by atoms with van der Waals surface area (Å²) in [6.07, 6.45) is -8.07. The van der Waals surface area contributed by atoms with Crippen molar-refractivity contribution in [1.82, 2.24) is 4.90 Å². The number of fused-ring (bicyclic) bond motifs is 1. The number of halogens is 7. The van der Waals surface area contributed by atoms with E-state index in [2.05, 4.69) is 15.5 Å². The van der Waals surface area contributed by atoms with Crippen LogP contribution in [0.5, 0.6) is 5.75 Å². The standard InChI is InChI=1S/C32H28F7N3O4S/c1-46-25-9-4-17(18-3-2-10-42(16-18)11-12-43)13-22(25)29(44)41-27-21-7-5-19(31(34,35)36)14-26(21)47-28(27)30(45)40-20-6-8-24(33)23(15-20)32(37,38)39/h4-9,13-15,18,43H,2-3,10-12,16H2,1H3,(H,40,45)(H,41,44). The second kappa shape index (κ2) is 13.5. The lowest BCUT2D eigenvalue weighted by Gasteiger charge is -2.32. The third kappa shape index (κ3) is 7.52. The number of rotatable bonds is 8. The minimum atomic E-state index is -5.06. The van der Waals surface area contributed by atoms with Gasteiger partial charge in [0.05, 0.1) is 36.1 Å². The molecule has 47 heavy (non-hydrogen) atoms. The molecule has 1 aromatic heterocycles. The third-order valence-corrected chi connectivity index (χ3v) is 9.00. The second-order valence-corrected chi connectivity index (χ2v) is 12.0. The van der Waals surface area contributed by atoms with E-state index in [1.807, 2.05) is 6.07 Å². The Balaban J connectivity index is 1.52. The zero-order valence-corrected chi connectivity index (χ0v) is 25.5. The first-order valence-electron chi connectivity index (χ1n) is 14.3. The van der Waals surface area contributed by atoms with E-state index in [1.165, 1.54) is 7.11 Å². The van der Waals surface area contributed by atoms with Crippen LogP contribution in [0, 0.1) is 5.82 Å². The van der Waals surface area contributed by atoms with E-state index in [0.29, 0.717) is 36.6 Å². The van der Waals surface area contributed by atoms with Gasteiger partial charge in [0.2, 0.25) is 0 Å². The van der Waals surface area contributed by atoms with Crippen molar-refractivity contribution < 1.29 is 50.2 Å². The van der Waals surface area contributed by atoms with Gasteiger partial charge >= 0.3 is 12.4 Å². The first kappa shape index (κ1) is 34.1. The van der Waals surface area contributed by atoms with Gasteiger partial charge in [-0.3, -0.25) is 9.59 Å². The molecule has 1 aliphatic heterocycles. The minimum Gasteiger partial charge on any atom is -0.496 e. The smallest absolute Gasteiger partial charge is 0.419 e. The van der Waals surface area contributed by atoms with Crippen molar-refractivity contribution in [3.05, 3.63) is 87.5 Å². The summed E-state index contributed by atoms with van der Waals surface area (Å²) in [4.78, 5) is 29.0. The Hall–Kier alpha value is -4.21. The highest BCUT2D eigenvalue weighted by Gasteiger charge is 2.35. The monoisotopic (exact) mass is 683 g/mol. The minimum absolute atomic E-state index is 0.00259. The van der Waals surface area contributed by atoms with Gasteiger partial charge in [0.15, 0.2) is 0 Å². The molecule has 1 saturated heterocycles. The SMILES string of the molecule is COc1ccc(C2CCCN(CCO)C2)cc1C(=O)Nc1c(C(=O)Nc2ccc(F)c(C(F)(F)F)c2)sc2cc(C(F)(F)F)ccc12. The molecule has 1 atom stereocenters. The van der Waals surface area contributed by atoms with Crippen LogP contribution in [0.4, 0.5) is 42.1 Å². The quantitative estimate of drug-likeness (QED) is 0.165. The number of amides is 2. The summed E-state index contributed by atoms with van der Waals surface area (Å²) in [5.41, 5.74) is -2.33. The zero-order chi connectivity index (χ0) is 34.1. The number of β-amino-alcohol motifs (C(OH)–C–C–N with tert-alkyl or cyclic N) is 1. The van der Waals surface area contributed by atoms with E-state index in [4.69, 9.17) is 4.74 Å². The lowest BCUT2D eigenvalue weighted by molar-refractivity contribution is -0.140. The number of aliphatic hydroxyl groups is 1. The Kier molecular flexibility index (Phi) is 9.80. The molecule has 1 unspecified atom stereocenters. The molecule has 2 amide bonds. The molecule has 1 aliphatic rings. The van der Waals surface area contributed by atoms with Gasteiger partial charge in [-0.1, -0.05) is 12.1 Å². The third-order valence-electron chi connectivity index (χ3n) is 7.85. The zero-order valence-electron chi connectivity index (χ0n) is 24.7. The van der Waals surface area contributed by atoms with Gasteiger partial charge in [-0.2, -0.15) is 26.3 Å². The van der Waals surface area contributed by atoms with Gasteiger partial charge in [-0.25, -0.2) is 4.39 Å². The number of thiophene rings is 1. The molecule has 0 bridgehead atoms. The van der Waals surface area contributed by atoms with Crippen LogP contribution in [0.15, 0.2) is 54.6 Å². The number of piperidine rings is 1. The number of anilines is 2. The Morgan fingerprint density at radius 3 is 2.43 bits per heavy atom. The van der Waals surface area contributed by atoms with Crippen LogP contribution in [0.1, 0.15) is 55.5 Å². The van der Waals surface area contributed by atoms with Crippen molar-refractivity contribution in [3.8, 4) is 5.75 Å². The molecule has 15 heteroatoms. The van der Waals surface area contributed by atoms with E-state index in [9.17, 15) is 45.4 Å². The summed E-state index contributed by atoms with van der Waals surface area (Å²) >= 11 is 0.592. The number of hydrogen-bond acceptors (Lipinski definition) is 6. The Morgan fingerprint density at radius 2 is 1.74 bits per heavy atom. The van der Waals surface area contributed by atoms with Gasteiger partial charge in [0, 0.05) is 28.9 Å². The summed E-state index contributed by atoms with van der Waals surface area (Å²) < 4.78 is 99.6. The van der Waals surface area contributed by atoms with Gasteiger partial charge in [0.1, 0.15) is 16.4 Å². The molecule has 0 aliphatic carbocycles. The number of benzene rings is 3. The van der Waals surface area contributed by atoms with E-state index in [-0.39, 0.29) is 44.5 Å². The fraction of sp³-hybridized carbons (Fsp3) is 0.312. The molecule has 0 spiro atoms. The first-order valence-corrected chi connectivity index (χ1v) is 15.2. The number of methoxy groups -OCH3 is 1. The molecule has 7 nitrogen and oxygen atoms in total. The number of aliphatic hydroxyl groups excluding tert-OH is 1. The average molecular weight is 684 g/mol. The predicted octanol–water partition coefficient (Wildman–Crippen LogP) is 7.76. The topological polar surface area (TPSA) is 90.9 Å². The van der Waals surface area contributed by atoms with Crippen molar-refractivity contribution in [2.75, 3.05) is 44.0 Å². The molecular weight excluding hydrogens is 655 g/mol. The van der Waals surface area contributed by atoms with Gasteiger partial charge in [0.25, 0.3) is 11.8 Å². The Morgan fingerprint density at radius 1 is 0.979 bits per heavy atom. The van der Waals surface area contributed by atoms with Crippen LogP contribution in [0.2, 0.25) is 0 Å². The molecule has 5 rings (SSSR count). The van der Waals surface area contributed by atoms with Gasteiger partial charge in [-0.15, -0.1) is 11.3 Å². The number of nitrogens with one attached hydrogen (secondary N) is 2. The highest BCUT2D eigenvalue weighted by molar-refractivity contribution is 7.21. The average Bonchev–Trinajstić information content (AvgIpc) is 3.38. The number of carbonyl (C=O) groups excluding carboxylic acids is 2. The van der Waals surface area contributed by atoms with Crippen molar-refractivity contribution >= 4 is 44.6 Å². The van der Waals surface area contributed by atoms with Crippen LogP contribution in [0.3, 0.4) is 0 Å². The van der Waals surface area contributed by atoms with Crippen molar-refractivity contribution in [3.63, 3.8) is 0 Å². The van der Waals surface area contributed by atoms with Crippen LogP contribution in [-0.2, 0) is 12.4 Å². The number of carbonyl (C=O) groups is 2. The maximum atomic E-state index is 13.8. The maximum Gasteiger partial charge on any atom is 0.419 e. The predicted molar refractivity (Wildman–Crippen MR) is 163 cm³/mol. The van der Waals surface area contributed by atoms with Crippen molar-refractivity contribution in [2.45, 2.75) is 31.1 Å². The highest BCUT2D eigenvalue weighted by atomic mass is 32.1. The Bertz CT molecular complexity index is 1800. The molecular formula is C32H28F7N3O4S. The highest BCUT2D eigenvalue weighted by Crippen LogP contribution is 2.41. The summed E-state index contributed by atoms with van der Waals surface area (Å²) in [7, 11) is 1.35. The van der Waals surface area contributed by atoms with Gasteiger partial charge < -0.3 is 25.4 Å². The number of nitrogens with zero attached hydrogens (tertiary/aromatic N) is 1. The number of likely N-dealkylation sites (tertiary alicyclic amines) is 1. The summed E-state index contributed by atoms with van der Waals surface area (Å²) in [6, 6.07) is 9.55. The largest absolute Gasteiger partial charge is 0.496 e. The van der Waals surface area contributed by atoms with E-state index < -0.39 is 46.8 Å². The second-order valence-electron chi connectivity index (χ2n) is 10.9. The van der Waals surface area contributed by atoms with Gasteiger partial charge in [-0.05, 0) is 73.3 Å². The summed E-state index contributed by atoms with van der Waals surface area (Å²) in [5.74, 6) is -3.13. The molecule has 250 valence electrons. The molecule has 2 heterocycles. The van der Waals surface area contributed by atoms with Crippen LogP contribution < -0.4 is 15.4 Å². The number of hydrogen-bond donors (Lipinski definition) is 3.